The number of benzene rings is 1. The van der Waals surface area contributed by atoms with E-state index < -0.39 is 10.0 Å². The van der Waals surface area contributed by atoms with Crippen LogP contribution in [0.25, 0.3) is 10.9 Å². The highest BCUT2D eigenvalue weighted by Crippen LogP contribution is 2.27. The molecule has 1 saturated heterocycles. The Morgan fingerprint density at radius 3 is 2.91 bits per heavy atom. The maximum Gasteiger partial charge on any atom is 0.243 e. The lowest BCUT2D eigenvalue weighted by atomic mass is 10.1. The van der Waals surface area contributed by atoms with E-state index in [-0.39, 0.29) is 12.5 Å². The summed E-state index contributed by atoms with van der Waals surface area (Å²) >= 11 is 0. The summed E-state index contributed by atoms with van der Waals surface area (Å²) in [5.41, 5.74) is 0.678. The van der Waals surface area contributed by atoms with Crippen LogP contribution in [0.3, 0.4) is 0 Å². The van der Waals surface area contributed by atoms with Gasteiger partial charge in [0.2, 0.25) is 10.0 Å². The molecule has 3 rings (SSSR count). The highest BCUT2D eigenvalue weighted by molar-refractivity contribution is 7.89. The highest BCUT2D eigenvalue weighted by Gasteiger charge is 2.29. The number of aliphatic hydroxyl groups excluding tert-OH is 1. The Hall–Kier alpha value is -1.50. The number of nitrogens with zero attached hydrogens (tertiary/aromatic N) is 2. The van der Waals surface area contributed by atoms with Gasteiger partial charge in [-0.2, -0.15) is 4.31 Å². The van der Waals surface area contributed by atoms with Crippen LogP contribution >= 0.6 is 0 Å². The molecule has 0 bridgehead atoms. The molecule has 5 nitrogen and oxygen atoms in total. The Morgan fingerprint density at radius 2 is 2.09 bits per heavy atom. The fourth-order valence-corrected chi connectivity index (χ4v) is 4.75. The van der Waals surface area contributed by atoms with Gasteiger partial charge in [-0.1, -0.05) is 12.5 Å². The van der Waals surface area contributed by atoms with Gasteiger partial charge in [0.15, 0.2) is 0 Å². The Bertz CT molecular complexity index is 756. The number of fused-ring (bicyclic) bond motifs is 1. The summed E-state index contributed by atoms with van der Waals surface area (Å²) in [5, 5.41) is 10.1. The number of hydrogen-bond donors (Lipinski definition) is 1. The van der Waals surface area contributed by atoms with E-state index in [0.29, 0.717) is 28.9 Å². The Morgan fingerprint density at radius 1 is 1.23 bits per heavy atom. The molecule has 1 aromatic carbocycles. The second-order valence-electron chi connectivity index (χ2n) is 5.73. The Labute approximate surface area is 130 Å². The summed E-state index contributed by atoms with van der Waals surface area (Å²) < 4.78 is 27.6. The van der Waals surface area contributed by atoms with E-state index in [2.05, 4.69) is 4.98 Å². The van der Waals surface area contributed by atoms with E-state index in [1.807, 2.05) is 6.07 Å². The van der Waals surface area contributed by atoms with Crippen molar-refractivity contribution in [3.05, 3.63) is 36.5 Å². The van der Waals surface area contributed by atoms with E-state index >= 15 is 0 Å². The number of pyridine rings is 1. The molecule has 1 N–H and O–H groups in total. The summed E-state index contributed by atoms with van der Waals surface area (Å²) in [6.45, 7) is 0.925. The van der Waals surface area contributed by atoms with E-state index in [1.54, 1.807) is 30.5 Å². The first-order chi connectivity index (χ1) is 10.6. The molecule has 118 valence electrons. The average Bonchev–Trinajstić information content (AvgIpc) is 2.80. The zero-order chi connectivity index (χ0) is 15.6. The van der Waals surface area contributed by atoms with Gasteiger partial charge in [0.05, 0.1) is 10.4 Å². The molecule has 2 aromatic rings. The maximum atomic E-state index is 13.0. The van der Waals surface area contributed by atoms with Gasteiger partial charge >= 0.3 is 0 Å². The molecule has 0 saturated carbocycles. The van der Waals surface area contributed by atoms with Crippen molar-refractivity contribution in [3.63, 3.8) is 0 Å². The largest absolute Gasteiger partial charge is 0.396 e. The molecule has 1 aliphatic rings. The van der Waals surface area contributed by atoms with E-state index in [0.717, 1.165) is 19.3 Å². The zero-order valence-corrected chi connectivity index (χ0v) is 13.2. The molecule has 1 aromatic heterocycles. The lowest BCUT2D eigenvalue weighted by Gasteiger charge is -2.23. The van der Waals surface area contributed by atoms with Crippen LogP contribution in [0.1, 0.15) is 19.3 Å². The molecule has 1 fully saturated rings. The second kappa shape index (κ2) is 6.32. The van der Waals surface area contributed by atoms with Crippen molar-refractivity contribution in [2.45, 2.75) is 24.2 Å². The van der Waals surface area contributed by atoms with Gasteiger partial charge in [0, 0.05) is 31.3 Å². The van der Waals surface area contributed by atoms with Gasteiger partial charge in [-0.3, -0.25) is 4.98 Å². The predicted molar refractivity (Wildman–Crippen MR) is 84.9 cm³/mol. The minimum Gasteiger partial charge on any atom is -0.396 e. The van der Waals surface area contributed by atoms with Crippen LogP contribution in [-0.4, -0.2) is 42.5 Å². The minimum atomic E-state index is -3.57. The molecule has 22 heavy (non-hydrogen) atoms. The van der Waals surface area contributed by atoms with Crippen molar-refractivity contribution in [3.8, 4) is 0 Å². The first kappa shape index (κ1) is 15.4. The van der Waals surface area contributed by atoms with Crippen molar-refractivity contribution in [1.82, 2.24) is 9.29 Å². The van der Waals surface area contributed by atoms with Crippen molar-refractivity contribution in [2.75, 3.05) is 19.7 Å². The molecule has 2 heterocycles. The van der Waals surface area contributed by atoms with Gasteiger partial charge in [0.1, 0.15) is 0 Å². The molecule has 1 aliphatic heterocycles. The predicted octanol–water partition coefficient (Wildman–Crippen LogP) is 2.02. The topological polar surface area (TPSA) is 70.5 Å². The smallest absolute Gasteiger partial charge is 0.243 e. The molecular weight excluding hydrogens is 300 g/mol. The van der Waals surface area contributed by atoms with Gasteiger partial charge in [-0.15, -0.1) is 0 Å². The first-order valence-electron chi connectivity index (χ1n) is 7.57. The fraction of sp³-hybridized carbons (Fsp3) is 0.438. The van der Waals surface area contributed by atoms with Crippen LogP contribution < -0.4 is 0 Å². The Kier molecular flexibility index (Phi) is 4.42. The van der Waals surface area contributed by atoms with Crippen LogP contribution in [0.4, 0.5) is 0 Å². The quantitative estimate of drug-likeness (QED) is 0.939. The second-order valence-corrected chi connectivity index (χ2v) is 7.64. The standard InChI is InChI=1S/C16H20N2O3S/c19-12-13-5-1-2-10-18(11-13)22(20,21)16-8-3-7-15-14(16)6-4-9-17-15/h3-4,6-9,13,19H,1-2,5,10-12H2. The third-order valence-corrected chi connectivity index (χ3v) is 6.14. The van der Waals surface area contributed by atoms with Gasteiger partial charge in [0.25, 0.3) is 0 Å². The van der Waals surface area contributed by atoms with Crippen LogP contribution in [0, 0.1) is 5.92 Å². The number of sulfonamides is 1. The SMILES string of the molecule is O=S(=O)(c1cccc2ncccc12)N1CCCCC(CO)C1. The molecule has 0 aliphatic carbocycles. The first-order valence-corrected chi connectivity index (χ1v) is 9.01. The van der Waals surface area contributed by atoms with Crippen molar-refractivity contribution < 1.29 is 13.5 Å². The van der Waals surface area contributed by atoms with Gasteiger partial charge in [-0.25, -0.2) is 8.42 Å². The summed E-state index contributed by atoms with van der Waals surface area (Å²) in [4.78, 5) is 4.53. The van der Waals surface area contributed by atoms with Gasteiger partial charge in [-0.05, 0) is 43.0 Å². The molecular formula is C16H20N2O3S. The van der Waals surface area contributed by atoms with Gasteiger partial charge < -0.3 is 5.11 Å². The normalized spacial score (nSPS) is 20.9. The van der Waals surface area contributed by atoms with E-state index in [4.69, 9.17) is 0 Å². The van der Waals surface area contributed by atoms with Crippen molar-refractivity contribution >= 4 is 20.9 Å². The van der Waals surface area contributed by atoms with Crippen LogP contribution in [0.5, 0.6) is 0 Å². The lowest BCUT2D eigenvalue weighted by Crippen LogP contribution is -2.35. The Balaban J connectivity index is 2.04. The highest BCUT2D eigenvalue weighted by atomic mass is 32.2. The van der Waals surface area contributed by atoms with E-state index in [1.165, 1.54) is 4.31 Å². The third kappa shape index (κ3) is 2.86. The molecule has 6 heteroatoms. The summed E-state index contributed by atoms with van der Waals surface area (Å²) in [5.74, 6) is 0.0189. The minimum absolute atomic E-state index is 0.0189. The van der Waals surface area contributed by atoms with E-state index in [9.17, 15) is 13.5 Å². The van der Waals surface area contributed by atoms with Crippen LogP contribution in [-0.2, 0) is 10.0 Å². The summed E-state index contributed by atoms with van der Waals surface area (Å²) in [6, 6.07) is 8.71. The summed E-state index contributed by atoms with van der Waals surface area (Å²) in [6.07, 6.45) is 4.32. The zero-order valence-electron chi connectivity index (χ0n) is 12.4. The third-order valence-electron chi connectivity index (χ3n) is 4.21. The maximum absolute atomic E-state index is 13.0. The van der Waals surface area contributed by atoms with Crippen LogP contribution in [0.15, 0.2) is 41.4 Å². The monoisotopic (exact) mass is 320 g/mol. The summed E-state index contributed by atoms with van der Waals surface area (Å²) in [7, 11) is -3.57. The molecule has 1 atom stereocenters. The fourth-order valence-electron chi connectivity index (χ4n) is 3.00. The van der Waals surface area contributed by atoms with Crippen LogP contribution in [0.2, 0.25) is 0 Å². The average molecular weight is 320 g/mol. The lowest BCUT2D eigenvalue weighted by molar-refractivity contribution is 0.204. The molecule has 0 spiro atoms. The number of rotatable bonds is 3. The van der Waals surface area contributed by atoms with Crippen molar-refractivity contribution in [1.29, 1.82) is 0 Å². The number of aliphatic hydroxyl groups is 1. The molecule has 1 unspecified atom stereocenters. The molecule has 0 radical (unpaired) electrons. The molecule has 0 amide bonds. The van der Waals surface area contributed by atoms with Crippen molar-refractivity contribution in [2.24, 2.45) is 5.92 Å². The number of aromatic nitrogens is 1. The number of hydrogen-bond acceptors (Lipinski definition) is 4.